The lowest BCUT2D eigenvalue weighted by Crippen LogP contribution is -2.37. The summed E-state index contributed by atoms with van der Waals surface area (Å²) in [6, 6.07) is 8.32. The molecule has 0 amide bonds. The molecule has 2 rings (SSSR count). The summed E-state index contributed by atoms with van der Waals surface area (Å²) < 4.78 is 10.7. The molecule has 1 saturated heterocycles. The number of rotatable bonds is 7. The first kappa shape index (κ1) is 22.8. The van der Waals surface area contributed by atoms with E-state index in [2.05, 4.69) is 17.0 Å². The molecule has 1 aromatic carbocycles. The number of methoxy groups -OCH3 is 1. The molecule has 0 radical (unpaired) electrons. The summed E-state index contributed by atoms with van der Waals surface area (Å²) in [7, 11) is 1.69. The van der Waals surface area contributed by atoms with Crippen LogP contribution in [0.5, 0.6) is 5.75 Å². The van der Waals surface area contributed by atoms with E-state index < -0.39 is 0 Å². The fraction of sp³-hybridized carbons (Fsp3) is 0.667. The van der Waals surface area contributed by atoms with Gasteiger partial charge in [-0.05, 0) is 83.2 Å². The molecule has 1 fully saturated rings. The van der Waals surface area contributed by atoms with Gasteiger partial charge in [-0.2, -0.15) is 0 Å². The van der Waals surface area contributed by atoms with E-state index in [0.29, 0.717) is 12.3 Å². The molecule has 1 unspecified atom stereocenters. The number of piperidine rings is 1. The van der Waals surface area contributed by atoms with Gasteiger partial charge in [0.15, 0.2) is 0 Å². The summed E-state index contributed by atoms with van der Waals surface area (Å²) in [4.78, 5) is 14.5. The first-order chi connectivity index (χ1) is 11.9. The molecule has 26 heavy (non-hydrogen) atoms. The Morgan fingerprint density at radius 1 is 1.23 bits per heavy atom. The summed E-state index contributed by atoms with van der Waals surface area (Å²) >= 11 is 0. The number of esters is 1. The van der Waals surface area contributed by atoms with Crippen LogP contribution in [0.3, 0.4) is 0 Å². The van der Waals surface area contributed by atoms with Crippen molar-refractivity contribution in [1.82, 2.24) is 4.90 Å². The maximum Gasteiger partial charge on any atom is 0.306 e. The fourth-order valence-electron chi connectivity index (χ4n) is 3.44. The second-order valence-electron chi connectivity index (χ2n) is 8.05. The van der Waals surface area contributed by atoms with Gasteiger partial charge in [-0.1, -0.05) is 12.1 Å². The number of likely N-dealkylation sites (tertiary alicyclic amines) is 1. The summed E-state index contributed by atoms with van der Waals surface area (Å²) in [6.07, 6.45) is 5.08. The van der Waals surface area contributed by atoms with E-state index in [1.54, 1.807) is 7.11 Å². The van der Waals surface area contributed by atoms with Gasteiger partial charge in [-0.25, -0.2) is 0 Å². The van der Waals surface area contributed by atoms with Crippen LogP contribution in [0.25, 0.3) is 0 Å². The minimum Gasteiger partial charge on any atom is -0.497 e. The van der Waals surface area contributed by atoms with E-state index in [9.17, 15) is 4.79 Å². The van der Waals surface area contributed by atoms with Crippen molar-refractivity contribution < 1.29 is 14.3 Å². The van der Waals surface area contributed by atoms with Gasteiger partial charge >= 0.3 is 5.97 Å². The van der Waals surface area contributed by atoms with Crippen molar-refractivity contribution in [3.8, 4) is 5.75 Å². The number of carbonyl (C=O) groups excluding carboxylic acids is 1. The Balaban J connectivity index is 0.00000338. The molecule has 4 nitrogen and oxygen atoms in total. The summed E-state index contributed by atoms with van der Waals surface area (Å²) in [5.41, 5.74) is 0.965. The van der Waals surface area contributed by atoms with Crippen molar-refractivity contribution in [2.24, 2.45) is 5.92 Å². The standard InChI is InChI=1S/C21H33NO3.ClH/c1-21(2,3)25-20(23)15-18-8-6-14-22(16-18)13-5-7-17-9-11-19(24-4)12-10-17;/h9-12,18H,5-8,13-16H2,1-4H3;1H. The zero-order chi connectivity index (χ0) is 18.3. The van der Waals surface area contributed by atoms with E-state index in [-0.39, 0.29) is 24.0 Å². The van der Waals surface area contributed by atoms with Crippen molar-refractivity contribution >= 4 is 18.4 Å². The lowest BCUT2D eigenvalue weighted by atomic mass is 9.94. The van der Waals surface area contributed by atoms with E-state index in [1.165, 1.54) is 12.0 Å². The van der Waals surface area contributed by atoms with Gasteiger partial charge in [0.1, 0.15) is 11.4 Å². The smallest absolute Gasteiger partial charge is 0.306 e. The number of hydrogen-bond donors (Lipinski definition) is 0. The minimum absolute atomic E-state index is 0. The predicted molar refractivity (Wildman–Crippen MR) is 108 cm³/mol. The quantitative estimate of drug-likeness (QED) is 0.650. The SMILES string of the molecule is COc1ccc(CCCN2CCCC(CC(=O)OC(C)(C)C)C2)cc1.Cl. The molecule has 1 heterocycles. The van der Waals surface area contributed by atoms with Crippen LogP contribution in [0, 0.1) is 5.92 Å². The molecule has 0 aliphatic carbocycles. The predicted octanol–water partition coefficient (Wildman–Crippen LogP) is 4.49. The van der Waals surface area contributed by atoms with Crippen LogP contribution >= 0.6 is 12.4 Å². The lowest BCUT2D eigenvalue weighted by molar-refractivity contribution is -0.156. The lowest BCUT2D eigenvalue weighted by Gasteiger charge is -2.32. The molecule has 0 saturated carbocycles. The number of aryl methyl sites for hydroxylation is 1. The van der Waals surface area contributed by atoms with Gasteiger partial charge in [-0.3, -0.25) is 4.79 Å². The average molecular weight is 384 g/mol. The topological polar surface area (TPSA) is 38.8 Å². The second kappa shape index (κ2) is 10.8. The van der Waals surface area contributed by atoms with E-state index >= 15 is 0 Å². The summed E-state index contributed by atoms with van der Waals surface area (Å²) in [6.45, 7) is 9.04. The molecule has 5 heteroatoms. The highest BCUT2D eigenvalue weighted by Crippen LogP contribution is 2.22. The highest BCUT2D eigenvalue weighted by atomic mass is 35.5. The number of hydrogen-bond acceptors (Lipinski definition) is 4. The number of nitrogens with zero attached hydrogens (tertiary/aromatic N) is 1. The van der Waals surface area contributed by atoms with Crippen molar-refractivity contribution in [3.05, 3.63) is 29.8 Å². The van der Waals surface area contributed by atoms with Crippen LogP contribution in [0.4, 0.5) is 0 Å². The van der Waals surface area contributed by atoms with Crippen LogP contribution in [0.2, 0.25) is 0 Å². The molecular weight excluding hydrogens is 350 g/mol. The van der Waals surface area contributed by atoms with Gasteiger partial charge in [0.2, 0.25) is 0 Å². The molecule has 1 atom stereocenters. The summed E-state index contributed by atoms with van der Waals surface area (Å²) in [5.74, 6) is 1.28. The molecule has 1 aliphatic heterocycles. The van der Waals surface area contributed by atoms with Crippen molar-refractivity contribution in [3.63, 3.8) is 0 Å². The Kier molecular flexibility index (Phi) is 9.45. The zero-order valence-electron chi connectivity index (χ0n) is 16.6. The molecule has 148 valence electrons. The van der Waals surface area contributed by atoms with Crippen LogP contribution in [0.1, 0.15) is 52.0 Å². The third kappa shape index (κ3) is 8.41. The third-order valence-electron chi connectivity index (χ3n) is 4.58. The van der Waals surface area contributed by atoms with Gasteiger partial charge in [0.25, 0.3) is 0 Å². The highest BCUT2D eigenvalue weighted by molar-refractivity contribution is 5.85. The molecule has 0 aromatic heterocycles. The van der Waals surface area contributed by atoms with E-state index in [4.69, 9.17) is 9.47 Å². The number of benzene rings is 1. The molecule has 1 aromatic rings. The maximum atomic E-state index is 12.0. The molecular formula is C21H34ClNO3. The summed E-state index contributed by atoms with van der Waals surface area (Å²) in [5, 5.41) is 0. The van der Waals surface area contributed by atoms with Gasteiger partial charge < -0.3 is 14.4 Å². The van der Waals surface area contributed by atoms with Gasteiger partial charge in [0.05, 0.1) is 7.11 Å². The van der Waals surface area contributed by atoms with Gasteiger partial charge in [0, 0.05) is 13.0 Å². The number of halogens is 1. The fourth-order valence-corrected chi connectivity index (χ4v) is 3.44. The van der Waals surface area contributed by atoms with Gasteiger partial charge in [-0.15, -0.1) is 12.4 Å². The Hall–Kier alpha value is -1.26. The third-order valence-corrected chi connectivity index (χ3v) is 4.58. The van der Waals surface area contributed by atoms with Crippen molar-refractivity contribution in [1.29, 1.82) is 0 Å². The number of ether oxygens (including phenoxy) is 2. The second-order valence-corrected chi connectivity index (χ2v) is 8.05. The van der Waals surface area contributed by atoms with Crippen LogP contribution < -0.4 is 4.74 Å². The minimum atomic E-state index is -0.385. The van der Waals surface area contributed by atoms with Crippen molar-refractivity contribution in [2.75, 3.05) is 26.7 Å². The molecule has 0 N–H and O–H groups in total. The monoisotopic (exact) mass is 383 g/mol. The Labute approximate surface area is 164 Å². The normalized spacial score (nSPS) is 18.1. The molecule has 0 bridgehead atoms. The molecule has 0 spiro atoms. The van der Waals surface area contributed by atoms with E-state index in [1.807, 2.05) is 32.9 Å². The van der Waals surface area contributed by atoms with Crippen LogP contribution in [-0.4, -0.2) is 43.2 Å². The Morgan fingerprint density at radius 3 is 2.54 bits per heavy atom. The molecule has 1 aliphatic rings. The number of carbonyl (C=O) groups is 1. The Morgan fingerprint density at radius 2 is 1.92 bits per heavy atom. The first-order valence-corrected chi connectivity index (χ1v) is 9.43. The largest absolute Gasteiger partial charge is 0.497 e. The van der Waals surface area contributed by atoms with Crippen LogP contribution in [-0.2, 0) is 16.0 Å². The van der Waals surface area contributed by atoms with Crippen molar-refractivity contribution in [2.45, 2.75) is 58.5 Å². The first-order valence-electron chi connectivity index (χ1n) is 9.43. The zero-order valence-corrected chi connectivity index (χ0v) is 17.4. The Bertz CT molecular complexity index is 539. The van der Waals surface area contributed by atoms with Crippen LogP contribution in [0.15, 0.2) is 24.3 Å². The van der Waals surface area contributed by atoms with E-state index in [0.717, 1.165) is 44.6 Å². The average Bonchev–Trinajstić information content (AvgIpc) is 2.54. The maximum absolute atomic E-state index is 12.0. The highest BCUT2D eigenvalue weighted by Gasteiger charge is 2.24.